The molecule has 9 nitrogen and oxygen atoms in total. The largest absolute Gasteiger partial charge is 0.490 e. The summed E-state index contributed by atoms with van der Waals surface area (Å²) in [6.07, 6.45) is 7.43. The highest BCUT2D eigenvalue weighted by Gasteiger charge is 2.63. The number of rotatable bonds is 14. The molecule has 0 unspecified atom stereocenters. The number of Topliss-reactive ketones (excluding diaryl/α,β-unsaturated/α-hetero) is 1. The first kappa shape index (κ1) is 55.3. The zero-order chi connectivity index (χ0) is 47.0. The van der Waals surface area contributed by atoms with Crippen LogP contribution >= 0.6 is 0 Å². The van der Waals surface area contributed by atoms with E-state index in [9.17, 15) is 14.7 Å². The average Bonchev–Trinajstić information content (AvgIpc) is 3.16. The maximum atomic E-state index is 14.3. The van der Waals surface area contributed by atoms with Crippen molar-refractivity contribution in [2.24, 2.45) is 35.5 Å². The third-order valence-electron chi connectivity index (χ3n) is 14.0. The second-order valence-electron chi connectivity index (χ2n) is 21.4. The zero-order valence-electron chi connectivity index (χ0n) is 42.4. The van der Waals surface area contributed by atoms with E-state index in [-0.39, 0.29) is 70.0 Å². The molecule has 2 heterocycles. The number of hydrogen-bond acceptors (Lipinski definition) is 9. The summed E-state index contributed by atoms with van der Waals surface area (Å²) in [5.41, 5.74) is 2.52. The van der Waals surface area contributed by atoms with Gasteiger partial charge in [-0.05, 0) is 61.7 Å². The quantitative estimate of drug-likeness (QED) is 0.135. The molecule has 1 fully saturated rings. The number of aliphatic hydroxyl groups is 1. The second kappa shape index (κ2) is 22.8. The summed E-state index contributed by atoms with van der Waals surface area (Å²) in [6.45, 7) is 40.8. The monoisotopic (exact) mass is 891 g/mol. The number of ether oxygens (including phenoxy) is 3. The number of ketones is 1. The molecule has 2 aliphatic heterocycles. The van der Waals surface area contributed by atoms with Crippen LogP contribution in [0.5, 0.6) is 0 Å². The Kier molecular flexibility index (Phi) is 20.7. The van der Waals surface area contributed by atoms with Gasteiger partial charge in [-0.15, -0.1) is 0 Å². The Morgan fingerprint density at radius 1 is 0.934 bits per heavy atom. The standard InChI is InChI=1S/C50H90O9Si2/c1-22-60(23-2,32(5)6)58-46-35(9)27-33(7)25-24-26-41(54-20)47(56-48(53)43(55-21)29-34(8)28-36(46)10)39(13)44(52)37(11)40(51)30-42-38(12)45(31(3)4)59-61(57-42,49(14,15)16)50(17,18)19/h24-26,28-29,31-32,35-39,41-42,44-47,52H,22-23,27,30H2,1-21H3/b26-24+,33-25+,34-28+,43-29-/t35-,36+,37+,38-,39-,41-,42+,44-,45+,46-,47+/m0/s1. The third kappa shape index (κ3) is 13.4. The predicted octanol–water partition coefficient (Wildman–Crippen LogP) is 12.1. The smallest absolute Gasteiger partial charge is 0.373 e. The van der Waals surface area contributed by atoms with Gasteiger partial charge in [0.15, 0.2) is 8.32 Å². The Balaban J connectivity index is 2.58. The van der Waals surface area contributed by atoms with Crippen LogP contribution in [-0.4, -0.2) is 84.6 Å². The molecule has 0 aromatic rings. The van der Waals surface area contributed by atoms with Crippen LogP contribution in [0.1, 0.15) is 144 Å². The molecule has 0 spiro atoms. The number of esters is 1. The van der Waals surface area contributed by atoms with Crippen molar-refractivity contribution in [3.63, 3.8) is 0 Å². The minimum Gasteiger partial charge on any atom is -0.490 e. The molecule has 2 aliphatic rings. The zero-order valence-corrected chi connectivity index (χ0v) is 44.4. The summed E-state index contributed by atoms with van der Waals surface area (Å²) in [4.78, 5) is 28.4. The van der Waals surface area contributed by atoms with Crippen LogP contribution in [0.4, 0.5) is 0 Å². The lowest BCUT2D eigenvalue weighted by atomic mass is 9.81. The van der Waals surface area contributed by atoms with Gasteiger partial charge in [0.2, 0.25) is 5.76 Å². The number of carbonyl (C=O) groups is 2. The summed E-state index contributed by atoms with van der Waals surface area (Å²) in [5.74, 6) is -1.76. The molecule has 1 N–H and O–H groups in total. The molecule has 1 saturated heterocycles. The number of cyclic esters (lactones) is 1. The van der Waals surface area contributed by atoms with Crippen LogP contribution in [-0.2, 0) is 37.1 Å². The van der Waals surface area contributed by atoms with E-state index in [0.717, 1.165) is 24.1 Å². The molecule has 2 rings (SSSR count). The Bertz CT molecular complexity index is 1530. The number of allylic oxidation sites excluding steroid dienone is 5. The molecule has 0 aliphatic carbocycles. The molecule has 11 heteroatoms. The normalized spacial score (nSPS) is 32.4. The van der Waals surface area contributed by atoms with Crippen molar-refractivity contribution in [2.75, 3.05) is 14.2 Å². The van der Waals surface area contributed by atoms with E-state index in [1.165, 1.54) is 12.7 Å². The van der Waals surface area contributed by atoms with Crippen molar-refractivity contribution >= 4 is 28.6 Å². The summed E-state index contributed by atoms with van der Waals surface area (Å²) in [5, 5.41) is 11.5. The molecule has 0 bridgehead atoms. The summed E-state index contributed by atoms with van der Waals surface area (Å²) >= 11 is 0. The van der Waals surface area contributed by atoms with Crippen molar-refractivity contribution in [2.45, 2.75) is 209 Å². The maximum Gasteiger partial charge on any atom is 0.373 e. The number of carbonyl (C=O) groups excluding carboxylic acids is 2. The van der Waals surface area contributed by atoms with Gasteiger partial charge in [-0.3, -0.25) is 4.79 Å². The van der Waals surface area contributed by atoms with Crippen LogP contribution in [0, 0.1) is 35.5 Å². The molecule has 0 radical (unpaired) electrons. The fourth-order valence-corrected chi connectivity index (χ4v) is 19.3. The number of hydrogen-bond donors (Lipinski definition) is 1. The van der Waals surface area contributed by atoms with Crippen LogP contribution in [0.2, 0.25) is 27.7 Å². The highest BCUT2D eigenvalue weighted by atomic mass is 28.4. The second-order valence-corrected chi connectivity index (χ2v) is 31.0. The molecule has 352 valence electrons. The van der Waals surface area contributed by atoms with Crippen LogP contribution in [0.25, 0.3) is 0 Å². The molecule has 11 atom stereocenters. The molecule has 61 heavy (non-hydrogen) atoms. The summed E-state index contributed by atoms with van der Waals surface area (Å²) < 4.78 is 39.4. The van der Waals surface area contributed by atoms with Crippen molar-refractivity contribution in [1.29, 1.82) is 0 Å². The maximum absolute atomic E-state index is 14.3. The van der Waals surface area contributed by atoms with Gasteiger partial charge < -0.3 is 32.6 Å². The Morgan fingerprint density at radius 3 is 1.98 bits per heavy atom. The minimum atomic E-state index is -2.93. The van der Waals surface area contributed by atoms with Gasteiger partial charge in [0.25, 0.3) is 0 Å². The summed E-state index contributed by atoms with van der Waals surface area (Å²) in [6, 6.07) is 2.10. The van der Waals surface area contributed by atoms with Crippen LogP contribution in [0.15, 0.2) is 47.3 Å². The van der Waals surface area contributed by atoms with E-state index in [0.29, 0.717) is 5.54 Å². The molecular weight excluding hydrogens is 801 g/mol. The van der Waals surface area contributed by atoms with Gasteiger partial charge in [-0.25, -0.2) is 4.79 Å². The van der Waals surface area contributed by atoms with Gasteiger partial charge >= 0.3 is 14.5 Å². The highest BCUT2D eigenvalue weighted by molar-refractivity contribution is 6.75. The summed E-state index contributed by atoms with van der Waals surface area (Å²) in [7, 11) is -1.95. The average molecular weight is 891 g/mol. The molecule has 0 aromatic heterocycles. The lowest BCUT2D eigenvalue weighted by Gasteiger charge is -2.57. The molecule has 0 saturated carbocycles. The SMILES string of the molecule is CC[Si](CC)(O[C@@H]1[C@H](C)/C=C(C)/C=C(\OC)C(=O)O[C@H]([C@@H](C)[C@@H](O)[C@H](C)C(=O)C[C@H]2O[Si](C(C)(C)C)(C(C)(C)C)O[C@H](C(C)C)[C@H]2C)[C@@H](OC)/C=C/C=C(\C)C[C@@H]1C)C(C)C. The molecular formula is C50H90O9Si2. The Labute approximate surface area is 375 Å². The molecule has 0 amide bonds. The van der Waals surface area contributed by atoms with Crippen molar-refractivity contribution in [1.82, 2.24) is 0 Å². The lowest BCUT2D eigenvalue weighted by Crippen LogP contribution is -2.66. The van der Waals surface area contributed by atoms with Gasteiger partial charge in [-0.1, -0.05) is 153 Å². The first-order chi connectivity index (χ1) is 28.1. The van der Waals surface area contributed by atoms with E-state index in [1.807, 2.05) is 26.0 Å². The highest BCUT2D eigenvalue weighted by Crippen LogP contribution is 2.56. The fraction of sp³-hybridized carbons (Fsp3) is 0.800. The first-order valence-corrected chi connectivity index (χ1v) is 27.6. The van der Waals surface area contributed by atoms with Gasteiger partial charge in [0.05, 0.1) is 31.5 Å². The minimum absolute atomic E-state index is 0.0157. The Hall–Kier alpha value is -1.87. The first-order valence-electron chi connectivity index (χ1n) is 23.3. The van der Waals surface area contributed by atoms with Gasteiger partial charge in [-0.2, -0.15) is 0 Å². The Morgan fingerprint density at radius 2 is 1.51 bits per heavy atom. The van der Waals surface area contributed by atoms with E-state index >= 15 is 0 Å². The molecule has 0 aromatic carbocycles. The predicted molar refractivity (Wildman–Crippen MR) is 255 cm³/mol. The van der Waals surface area contributed by atoms with Crippen molar-refractivity contribution in [3.05, 3.63) is 47.3 Å². The van der Waals surface area contributed by atoms with E-state index in [1.54, 1.807) is 20.1 Å². The van der Waals surface area contributed by atoms with Gasteiger partial charge in [0, 0.05) is 41.4 Å². The van der Waals surface area contributed by atoms with E-state index in [2.05, 4.69) is 123 Å². The van der Waals surface area contributed by atoms with Crippen molar-refractivity contribution < 1.29 is 42.2 Å². The van der Waals surface area contributed by atoms with Gasteiger partial charge in [0.1, 0.15) is 18.0 Å². The fourth-order valence-electron chi connectivity index (χ4n) is 10.2. The van der Waals surface area contributed by atoms with Crippen LogP contribution < -0.4 is 0 Å². The number of methoxy groups -OCH3 is 2. The van der Waals surface area contributed by atoms with E-state index < -0.39 is 53.0 Å². The number of aliphatic hydroxyl groups excluding tert-OH is 1. The topological polar surface area (TPSA) is 110 Å². The van der Waals surface area contributed by atoms with E-state index in [4.69, 9.17) is 27.5 Å². The lowest BCUT2D eigenvalue weighted by molar-refractivity contribution is -0.162. The third-order valence-corrected chi connectivity index (χ3v) is 24.4. The van der Waals surface area contributed by atoms with Crippen molar-refractivity contribution in [3.8, 4) is 0 Å². The van der Waals surface area contributed by atoms with Crippen LogP contribution in [0.3, 0.4) is 0 Å².